The van der Waals surface area contributed by atoms with Crippen LogP contribution in [0.4, 0.5) is 5.82 Å². The molecule has 0 N–H and O–H groups in total. The minimum Gasteiger partial charge on any atom is -0.347 e. The number of carbonyl (C=O) groups excluding carboxylic acids is 1. The smallest absolute Gasteiger partial charge is 0.244 e. The molecule has 3 heterocycles. The van der Waals surface area contributed by atoms with Gasteiger partial charge in [0.15, 0.2) is 5.82 Å². The lowest BCUT2D eigenvalue weighted by Gasteiger charge is -2.27. The van der Waals surface area contributed by atoms with Crippen molar-refractivity contribution in [3.63, 3.8) is 0 Å². The van der Waals surface area contributed by atoms with Crippen LogP contribution < -0.4 is 4.90 Å². The van der Waals surface area contributed by atoms with Gasteiger partial charge in [0, 0.05) is 39.0 Å². The third-order valence-electron chi connectivity index (χ3n) is 4.53. The molecule has 1 amide bonds. The van der Waals surface area contributed by atoms with Crippen LogP contribution in [0.5, 0.6) is 0 Å². The summed E-state index contributed by atoms with van der Waals surface area (Å²) < 4.78 is 2.04. The van der Waals surface area contributed by atoms with Gasteiger partial charge in [-0.2, -0.15) is 0 Å². The molecular weight excluding hydrogens is 280 g/mol. The van der Waals surface area contributed by atoms with Crippen LogP contribution in [0.15, 0.2) is 12.4 Å². The summed E-state index contributed by atoms with van der Waals surface area (Å²) in [7, 11) is 3.60. The number of anilines is 1. The topological polar surface area (TPSA) is 66.6 Å². The molecule has 7 heteroatoms. The summed E-state index contributed by atoms with van der Waals surface area (Å²) in [6.45, 7) is 0.836. The summed E-state index contributed by atoms with van der Waals surface area (Å²) in [6, 6.07) is -0.144. The molecule has 2 aromatic rings. The van der Waals surface area contributed by atoms with Crippen molar-refractivity contribution in [1.82, 2.24) is 24.5 Å². The van der Waals surface area contributed by atoms with Crippen LogP contribution in [-0.2, 0) is 4.79 Å². The van der Waals surface area contributed by atoms with Crippen LogP contribution in [0.3, 0.4) is 0 Å². The van der Waals surface area contributed by atoms with Crippen LogP contribution in [0.2, 0.25) is 0 Å². The van der Waals surface area contributed by atoms with Crippen LogP contribution in [0.1, 0.15) is 37.4 Å². The first-order chi connectivity index (χ1) is 10.7. The molecule has 1 unspecified atom stereocenters. The Morgan fingerprint density at radius 1 is 1.27 bits per heavy atom. The third-order valence-corrected chi connectivity index (χ3v) is 4.53. The van der Waals surface area contributed by atoms with Crippen molar-refractivity contribution in [2.75, 3.05) is 25.5 Å². The highest BCUT2D eigenvalue weighted by Gasteiger charge is 2.35. The summed E-state index contributed by atoms with van der Waals surface area (Å²) in [5.41, 5.74) is 0.767. The van der Waals surface area contributed by atoms with Gasteiger partial charge in [-0.25, -0.2) is 4.98 Å². The summed E-state index contributed by atoms with van der Waals surface area (Å²) >= 11 is 0. The van der Waals surface area contributed by atoms with Crippen molar-refractivity contribution in [3.05, 3.63) is 18.2 Å². The molecule has 116 valence electrons. The Bertz CT molecular complexity index is 720. The maximum atomic E-state index is 12.4. The average molecular weight is 300 g/mol. The second-order valence-electron chi connectivity index (χ2n) is 6.36. The molecular formula is C15H20N6O. The molecule has 4 rings (SSSR count). The molecule has 1 saturated heterocycles. The van der Waals surface area contributed by atoms with E-state index in [9.17, 15) is 4.79 Å². The van der Waals surface area contributed by atoms with Crippen LogP contribution in [0, 0.1) is 0 Å². The van der Waals surface area contributed by atoms with Gasteiger partial charge in [0.2, 0.25) is 11.6 Å². The maximum Gasteiger partial charge on any atom is 0.244 e. The van der Waals surface area contributed by atoms with Crippen molar-refractivity contribution in [2.45, 2.75) is 37.6 Å². The summed E-state index contributed by atoms with van der Waals surface area (Å²) in [5.74, 6) is 2.46. The predicted octanol–water partition coefficient (Wildman–Crippen LogP) is 1.06. The molecule has 7 nitrogen and oxygen atoms in total. The molecule has 2 fully saturated rings. The molecule has 1 aliphatic heterocycles. The quantitative estimate of drug-likeness (QED) is 0.848. The molecule has 22 heavy (non-hydrogen) atoms. The van der Waals surface area contributed by atoms with Crippen molar-refractivity contribution in [3.8, 4) is 0 Å². The van der Waals surface area contributed by atoms with Gasteiger partial charge in [-0.3, -0.25) is 9.20 Å². The normalized spacial score (nSPS) is 21.5. The van der Waals surface area contributed by atoms with Gasteiger partial charge in [0.1, 0.15) is 11.9 Å². The number of hydrogen-bond donors (Lipinski definition) is 0. The Kier molecular flexibility index (Phi) is 3.02. The lowest BCUT2D eigenvalue weighted by atomic mass is 10.2. The first-order valence-electron chi connectivity index (χ1n) is 7.84. The fourth-order valence-electron chi connectivity index (χ4n) is 3.23. The number of aromatic nitrogens is 4. The number of fused-ring (bicyclic) bond motifs is 1. The molecule has 0 spiro atoms. The second-order valence-corrected chi connectivity index (χ2v) is 6.36. The van der Waals surface area contributed by atoms with Crippen LogP contribution in [0.25, 0.3) is 5.65 Å². The Hall–Kier alpha value is -2.18. The summed E-state index contributed by atoms with van der Waals surface area (Å²) in [5, 5.41) is 8.69. The van der Waals surface area contributed by atoms with Gasteiger partial charge in [0.25, 0.3) is 0 Å². The number of amides is 1. The average Bonchev–Trinajstić information content (AvgIpc) is 3.09. The molecule has 1 atom stereocenters. The molecule has 1 aliphatic carbocycles. The van der Waals surface area contributed by atoms with Gasteiger partial charge in [-0.15, -0.1) is 10.2 Å². The number of nitrogens with zero attached hydrogens (tertiary/aromatic N) is 6. The van der Waals surface area contributed by atoms with Gasteiger partial charge >= 0.3 is 0 Å². The molecule has 0 radical (unpaired) electrons. The highest BCUT2D eigenvalue weighted by atomic mass is 16.2. The van der Waals surface area contributed by atoms with Crippen molar-refractivity contribution in [2.24, 2.45) is 0 Å². The number of hydrogen-bond acceptors (Lipinski definition) is 5. The second kappa shape index (κ2) is 4.93. The standard InChI is InChI=1S/C15H20N6O/c1-19(2)15(22)11-4-3-8-20(11)13-14-18-17-12(10-5-6-10)21(14)9-7-16-13/h7,9-11H,3-6,8H2,1-2H3. The van der Waals surface area contributed by atoms with Crippen LogP contribution in [-0.4, -0.2) is 57.1 Å². The van der Waals surface area contributed by atoms with E-state index in [2.05, 4.69) is 20.1 Å². The fourth-order valence-corrected chi connectivity index (χ4v) is 3.23. The van der Waals surface area contributed by atoms with E-state index < -0.39 is 0 Å². The highest BCUT2D eigenvalue weighted by molar-refractivity contribution is 5.86. The van der Waals surface area contributed by atoms with Gasteiger partial charge < -0.3 is 9.80 Å². The minimum atomic E-state index is -0.144. The van der Waals surface area contributed by atoms with Crippen molar-refractivity contribution in [1.29, 1.82) is 0 Å². The largest absolute Gasteiger partial charge is 0.347 e. The lowest BCUT2D eigenvalue weighted by Crippen LogP contribution is -2.43. The van der Waals surface area contributed by atoms with E-state index in [1.165, 1.54) is 12.8 Å². The molecule has 2 aromatic heterocycles. The van der Waals surface area contributed by atoms with E-state index in [-0.39, 0.29) is 11.9 Å². The van der Waals surface area contributed by atoms with E-state index in [4.69, 9.17) is 0 Å². The zero-order valence-corrected chi connectivity index (χ0v) is 12.9. The summed E-state index contributed by atoms with van der Waals surface area (Å²) in [6.07, 6.45) is 7.94. The highest BCUT2D eigenvalue weighted by Crippen LogP contribution is 2.39. The van der Waals surface area contributed by atoms with E-state index in [1.54, 1.807) is 25.2 Å². The van der Waals surface area contributed by atoms with E-state index in [0.717, 1.165) is 36.7 Å². The van der Waals surface area contributed by atoms with E-state index >= 15 is 0 Å². The van der Waals surface area contributed by atoms with E-state index in [0.29, 0.717) is 5.92 Å². The van der Waals surface area contributed by atoms with Gasteiger partial charge in [-0.1, -0.05) is 0 Å². The van der Waals surface area contributed by atoms with Gasteiger partial charge in [-0.05, 0) is 25.7 Å². The minimum absolute atomic E-state index is 0.128. The zero-order valence-electron chi connectivity index (χ0n) is 12.9. The molecule has 1 saturated carbocycles. The van der Waals surface area contributed by atoms with E-state index in [1.807, 2.05) is 10.6 Å². The SMILES string of the molecule is CN(C)C(=O)C1CCCN1c1nccn2c(C3CC3)nnc12. The van der Waals surface area contributed by atoms with Gasteiger partial charge in [0.05, 0.1) is 0 Å². The Morgan fingerprint density at radius 2 is 2.09 bits per heavy atom. The predicted molar refractivity (Wildman–Crippen MR) is 81.8 cm³/mol. The number of likely N-dealkylation sites (N-methyl/N-ethyl adjacent to an activating group) is 1. The number of carbonyl (C=O) groups is 1. The monoisotopic (exact) mass is 300 g/mol. The molecule has 2 aliphatic rings. The summed E-state index contributed by atoms with van der Waals surface area (Å²) in [4.78, 5) is 20.6. The fraction of sp³-hybridized carbons (Fsp3) is 0.600. The first kappa shape index (κ1) is 13.5. The third kappa shape index (κ3) is 2.03. The first-order valence-corrected chi connectivity index (χ1v) is 7.84. The Balaban J connectivity index is 1.75. The molecule has 0 bridgehead atoms. The number of rotatable bonds is 3. The van der Waals surface area contributed by atoms with Crippen LogP contribution >= 0.6 is 0 Å². The molecule has 0 aromatic carbocycles. The Labute approximate surface area is 128 Å². The zero-order chi connectivity index (χ0) is 15.3. The lowest BCUT2D eigenvalue weighted by molar-refractivity contribution is -0.129. The van der Waals surface area contributed by atoms with Crippen molar-refractivity contribution < 1.29 is 4.79 Å². The maximum absolute atomic E-state index is 12.4. The van der Waals surface area contributed by atoms with Crippen molar-refractivity contribution >= 4 is 17.4 Å². The Morgan fingerprint density at radius 3 is 2.82 bits per heavy atom.